The first-order valence-corrected chi connectivity index (χ1v) is 7.28. The zero-order chi connectivity index (χ0) is 14.2. The van der Waals surface area contributed by atoms with Crippen LogP contribution < -0.4 is 15.0 Å². The fourth-order valence-corrected chi connectivity index (χ4v) is 2.61. The molecular formula is C15H25N3O2. The molecule has 5 nitrogen and oxygen atoms in total. The second-order valence-electron chi connectivity index (χ2n) is 5.16. The van der Waals surface area contributed by atoms with E-state index in [0.29, 0.717) is 0 Å². The standard InChI is InChI=1S/C15H25N3O2/c1-19-11-8-16-12-13-5-9-18(10-6-13)15-14(20-2)4-3-7-17-15/h3-4,7,13,16H,5-6,8-12H2,1-2H3. The van der Waals surface area contributed by atoms with E-state index in [4.69, 9.17) is 9.47 Å². The molecule has 1 aliphatic rings. The van der Waals surface area contributed by atoms with Gasteiger partial charge in [0.25, 0.3) is 0 Å². The van der Waals surface area contributed by atoms with Crippen LogP contribution in [-0.2, 0) is 4.74 Å². The largest absolute Gasteiger partial charge is 0.493 e. The van der Waals surface area contributed by atoms with Crippen LogP contribution in [0.25, 0.3) is 0 Å². The molecule has 0 unspecified atom stereocenters. The van der Waals surface area contributed by atoms with Gasteiger partial charge in [0.15, 0.2) is 11.6 Å². The van der Waals surface area contributed by atoms with E-state index in [0.717, 1.165) is 50.3 Å². The molecule has 5 heteroatoms. The number of hydrogen-bond donors (Lipinski definition) is 1. The van der Waals surface area contributed by atoms with Crippen molar-refractivity contribution in [1.82, 2.24) is 10.3 Å². The highest BCUT2D eigenvalue weighted by atomic mass is 16.5. The van der Waals surface area contributed by atoms with E-state index in [1.807, 2.05) is 18.3 Å². The molecule has 20 heavy (non-hydrogen) atoms. The van der Waals surface area contributed by atoms with Crippen molar-refractivity contribution < 1.29 is 9.47 Å². The van der Waals surface area contributed by atoms with Crippen LogP contribution in [0.3, 0.4) is 0 Å². The van der Waals surface area contributed by atoms with Crippen molar-refractivity contribution in [2.45, 2.75) is 12.8 Å². The molecular weight excluding hydrogens is 254 g/mol. The van der Waals surface area contributed by atoms with Crippen LogP contribution in [0.1, 0.15) is 12.8 Å². The van der Waals surface area contributed by atoms with Gasteiger partial charge in [-0.15, -0.1) is 0 Å². The first kappa shape index (κ1) is 15.1. The number of aromatic nitrogens is 1. The number of methoxy groups -OCH3 is 2. The van der Waals surface area contributed by atoms with Gasteiger partial charge in [0.05, 0.1) is 13.7 Å². The van der Waals surface area contributed by atoms with Crippen LogP contribution in [0.2, 0.25) is 0 Å². The Bertz CT molecular complexity index is 392. The second-order valence-corrected chi connectivity index (χ2v) is 5.16. The number of nitrogens with zero attached hydrogens (tertiary/aromatic N) is 2. The molecule has 0 spiro atoms. The predicted molar refractivity (Wildman–Crippen MR) is 80.5 cm³/mol. The molecule has 1 fully saturated rings. The number of ether oxygens (including phenoxy) is 2. The van der Waals surface area contributed by atoms with Gasteiger partial charge in [-0.25, -0.2) is 4.98 Å². The van der Waals surface area contributed by atoms with E-state index >= 15 is 0 Å². The minimum Gasteiger partial charge on any atom is -0.493 e. The molecule has 2 rings (SSSR count). The number of rotatable bonds is 7. The van der Waals surface area contributed by atoms with Gasteiger partial charge in [-0.2, -0.15) is 0 Å². The molecule has 112 valence electrons. The highest BCUT2D eigenvalue weighted by Crippen LogP contribution is 2.28. The Balaban J connectivity index is 1.79. The van der Waals surface area contributed by atoms with Crippen molar-refractivity contribution in [3.63, 3.8) is 0 Å². The lowest BCUT2D eigenvalue weighted by atomic mass is 9.97. The first-order valence-electron chi connectivity index (χ1n) is 7.28. The van der Waals surface area contributed by atoms with Crippen LogP contribution in [0.4, 0.5) is 5.82 Å². The molecule has 0 aliphatic carbocycles. The smallest absolute Gasteiger partial charge is 0.171 e. The number of nitrogens with one attached hydrogen (secondary N) is 1. The SMILES string of the molecule is COCCNCC1CCN(c2ncccc2OC)CC1. The maximum Gasteiger partial charge on any atom is 0.171 e. The Morgan fingerprint density at radius 2 is 2.15 bits per heavy atom. The molecule has 1 N–H and O–H groups in total. The van der Waals surface area contributed by atoms with E-state index < -0.39 is 0 Å². The Morgan fingerprint density at radius 1 is 1.35 bits per heavy atom. The summed E-state index contributed by atoms with van der Waals surface area (Å²) in [5.41, 5.74) is 0. The minimum absolute atomic E-state index is 0.748. The number of pyridine rings is 1. The summed E-state index contributed by atoms with van der Waals surface area (Å²) in [7, 11) is 3.44. The molecule has 1 aliphatic heterocycles. The number of anilines is 1. The predicted octanol–water partition coefficient (Wildman–Crippen LogP) is 1.54. The average molecular weight is 279 g/mol. The van der Waals surface area contributed by atoms with Gasteiger partial charge < -0.3 is 19.7 Å². The third-order valence-corrected chi connectivity index (χ3v) is 3.80. The number of hydrogen-bond acceptors (Lipinski definition) is 5. The molecule has 2 heterocycles. The summed E-state index contributed by atoms with van der Waals surface area (Å²) in [6.07, 6.45) is 4.22. The van der Waals surface area contributed by atoms with Gasteiger partial charge in [-0.3, -0.25) is 0 Å². The lowest BCUT2D eigenvalue weighted by Gasteiger charge is -2.33. The summed E-state index contributed by atoms with van der Waals surface area (Å²) in [5.74, 6) is 2.59. The lowest BCUT2D eigenvalue weighted by Crippen LogP contribution is -2.38. The third kappa shape index (κ3) is 4.08. The van der Waals surface area contributed by atoms with Crippen LogP contribution in [0, 0.1) is 5.92 Å². The molecule has 0 atom stereocenters. The van der Waals surface area contributed by atoms with Gasteiger partial charge in [-0.05, 0) is 37.4 Å². The zero-order valence-electron chi connectivity index (χ0n) is 12.5. The topological polar surface area (TPSA) is 46.6 Å². The van der Waals surface area contributed by atoms with Crippen molar-refractivity contribution >= 4 is 5.82 Å². The summed E-state index contributed by atoms with van der Waals surface area (Å²) in [6.45, 7) is 4.89. The normalized spacial score (nSPS) is 16.4. The van der Waals surface area contributed by atoms with Gasteiger partial charge >= 0.3 is 0 Å². The number of piperidine rings is 1. The zero-order valence-corrected chi connectivity index (χ0v) is 12.5. The van der Waals surface area contributed by atoms with E-state index in [1.165, 1.54) is 12.8 Å². The van der Waals surface area contributed by atoms with E-state index in [9.17, 15) is 0 Å². The monoisotopic (exact) mass is 279 g/mol. The third-order valence-electron chi connectivity index (χ3n) is 3.80. The van der Waals surface area contributed by atoms with Crippen LogP contribution in [0.5, 0.6) is 5.75 Å². The molecule has 0 saturated carbocycles. The highest BCUT2D eigenvalue weighted by Gasteiger charge is 2.21. The van der Waals surface area contributed by atoms with Crippen molar-refractivity contribution in [1.29, 1.82) is 0 Å². The summed E-state index contributed by atoms with van der Waals surface area (Å²) < 4.78 is 10.4. The Hall–Kier alpha value is -1.33. The van der Waals surface area contributed by atoms with E-state index in [1.54, 1.807) is 14.2 Å². The molecule has 0 radical (unpaired) electrons. The van der Waals surface area contributed by atoms with Crippen LogP contribution >= 0.6 is 0 Å². The maximum absolute atomic E-state index is 5.39. The quantitative estimate of drug-likeness (QED) is 0.767. The van der Waals surface area contributed by atoms with Gasteiger partial charge in [-0.1, -0.05) is 0 Å². The van der Waals surface area contributed by atoms with Crippen molar-refractivity contribution in [2.24, 2.45) is 5.92 Å². The molecule has 0 aromatic carbocycles. The molecule has 0 amide bonds. The average Bonchev–Trinajstić information content (AvgIpc) is 2.52. The van der Waals surface area contributed by atoms with Crippen molar-refractivity contribution in [2.75, 3.05) is 51.9 Å². The van der Waals surface area contributed by atoms with Crippen LogP contribution in [-0.4, -0.2) is 52.0 Å². The minimum atomic E-state index is 0.748. The Labute approximate surface area is 121 Å². The van der Waals surface area contributed by atoms with Gasteiger partial charge in [0.2, 0.25) is 0 Å². The van der Waals surface area contributed by atoms with Crippen molar-refractivity contribution in [3.05, 3.63) is 18.3 Å². The summed E-state index contributed by atoms with van der Waals surface area (Å²) in [5, 5.41) is 3.45. The van der Waals surface area contributed by atoms with E-state index in [-0.39, 0.29) is 0 Å². The highest BCUT2D eigenvalue weighted by molar-refractivity contribution is 5.52. The second kappa shape index (κ2) is 8.07. The summed E-state index contributed by atoms with van der Waals surface area (Å²) in [6, 6.07) is 3.88. The first-order chi connectivity index (χ1) is 9.85. The van der Waals surface area contributed by atoms with Gasteiger partial charge in [0, 0.05) is 32.9 Å². The molecule has 1 aromatic rings. The molecule has 1 saturated heterocycles. The Morgan fingerprint density at radius 3 is 2.85 bits per heavy atom. The summed E-state index contributed by atoms with van der Waals surface area (Å²) >= 11 is 0. The Kier molecular flexibility index (Phi) is 6.08. The fraction of sp³-hybridized carbons (Fsp3) is 0.667. The molecule has 1 aromatic heterocycles. The van der Waals surface area contributed by atoms with Gasteiger partial charge in [0.1, 0.15) is 0 Å². The van der Waals surface area contributed by atoms with Crippen molar-refractivity contribution in [3.8, 4) is 5.75 Å². The molecule has 0 bridgehead atoms. The fourth-order valence-electron chi connectivity index (χ4n) is 2.61. The maximum atomic E-state index is 5.39. The van der Waals surface area contributed by atoms with Crippen LogP contribution in [0.15, 0.2) is 18.3 Å². The van der Waals surface area contributed by atoms with E-state index in [2.05, 4.69) is 15.2 Å². The lowest BCUT2D eigenvalue weighted by molar-refractivity contribution is 0.196. The summed E-state index contributed by atoms with van der Waals surface area (Å²) in [4.78, 5) is 6.78.